The Morgan fingerprint density at radius 1 is 1.14 bits per heavy atom. The third kappa shape index (κ3) is 3.62. The summed E-state index contributed by atoms with van der Waals surface area (Å²) >= 11 is 0. The van der Waals surface area contributed by atoms with Gasteiger partial charge in [0.2, 0.25) is 0 Å². The average molecular weight is 387 g/mol. The Bertz CT molecular complexity index is 999. The summed E-state index contributed by atoms with van der Waals surface area (Å²) in [6.07, 6.45) is -2.74. The highest BCUT2D eigenvalue weighted by Gasteiger charge is 2.38. The molecule has 0 unspecified atom stereocenters. The van der Waals surface area contributed by atoms with Crippen molar-refractivity contribution in [3.05, 3.63) is 82.8 Å². The zero-order valence-corrected chi connectivity index (χ0v) is 14.7. The molecule has 1 aliphatic rings. The first-order valence-electron chi connectivity index (χ1n) is 8.74. The van der Waals surface area contributed by atoms with Gasteiger partial charge in [-0.2, -0.15) is 13.2 Å². The Balaban J connectivity index is 1.54. The first-order chi connectivity index (χ1) is 13.4. The number of benzene rings is 1. The van der Waals surface area contributed by atoms with Gasteiger partial charge in [-0.25, -0.2) is 4.98 Å². The molecular weight excluding hydrogens is 371 g/mol. The van der Waals surface area contributed by atoms with Crippen molar-refractivity contribution in [2.75, 3.05) is 6.54 Å². The van der Waals surface area contributed by atoms with E-state index in [1.165, 1.54) is 11.0 Å². The van der Waals surface area contributed by atoms with Crippen molar-refractivity contribution in [1.29, 1.82) is 0 Å². The molecule has 3 aromatic rings. The summed E-state index contributed by atoms with van der Waals surface area (Å²) in [5.41, 5.74) is 0.00404. The zero-order valence-electron chi connectivity index (χ0n) is 14.7. The first kappa shape index (κ1) is 18.2. The molecule has 144 valence electrons. The van der Waals surface area contributed by atoms with Crippen molar-refractivity contribution in [3.8, 4) is 0 Å². The molecule has 0 radical (unpaired) electrons. The number of pyridine rings is 1. The molecule has 3 heterocycles. The van der Waals surface area contributed by atoms with Crippen LogP contribution in [0.25, 0.3) is 0 Å². The Morgan fingerprint density at radius 3 is 2.68 bits per heavy atom. The Labute approximate surface area is 158 Å². The third-order valence-electron chi connectivity index (χ3n) is 4.56. The summed E-state index contributed by atoms with van der Waals surface area (Å²) < 4.78 is 45.3. The normalized spacial score (nSPS) is 14.0. The number of hydrogen-bond donors (Lipinski definition) is 0. The molecule has 28 heavy (non-hydrogen) atoms. The highest BCUT2D eigenvalue weighted by Crippen LogP contribution is 2.31. The van der Waals surface area contributed by atoms with E-state index in [2.05, 4.69) is 9.97 Å². The second-order valence-electron chi connectivity index (χ2n) is 6.51. The van der Waals surface area contributed by atoms with Crippen LogP contribution < -0.4 is 0 Å². The number of rotatable bonds is 3. The molecule has 2 aromatic heterocycles. The van der Waals surface area contributed by atoms with Crippen molar-refractivity contribution in [2.45, 2.75) is 25.6 Å². The van der Waals surface area contributed by atoms with Gasteiger partial charge in [0, 0.05) is 25.6 Å². The van der Waals surface area contributed by atoms with Crippen LogP contribution in [0.2, 0.25) is 0 Å². The average Bonchev–Trinajstić information content (AvgIpc) is 3.09. The number of halogens is 3. The summed E-state index contributed by atoms with van der Waals surface area (Å²) in [5.74, 6) is 0.499. The van der Waals surface area contributed by atoms with Gasteiger partial charge < -0.3 is 9.32 Å². The Hall–Kier alpha value is -3.16. The van der Waals surface area contributed by atoms with Crippen LogP contribution in [0.4, 0.5) is 13.2 Å². The Kier molecular flexibility index (Phi) is 4.62. The van der Waals surface area contributed by atoms with Crippen LogP contribution in [0, 0.1) is 0 Å². The van der Waals surface area contributed by atoms with Crippen LogP contribution in [0.15, 0.2) is 53.1 Å². The maximum atomic E-state index is 13.2. The van der Waals surface area contributed by atoms with E-state index >= 15 is 0 Å². The molecule has 0 saturated heterocycles. The molecular formula is C20H16F3N3O2. The van der Waals surface area contributed by atoms with E-state index in [0.29, 0.717) is 30.2 Å². The lowest BCUT2D eigenvalue weighted by Crippen LogP contribution is -2.37. The van der Waals surface area contributed by atoms with Crippen LogP contribution in [-0.2, 0) is 25.6 Å². The SMILES string of the molecule is O=C(c1cccnc1C(F)(F)F)N1CCc2oc(Cc3ccccc3)nc2C1. The van der Waals surface area contributed by atoms with Gasteiger partial charge >= 0.3 is 6.18 Å². The fourth-order valence-electron chi connectivity index (χ4n) is 3.25. The zero-order chi connectivity index (χ0) is 19.7. The van der Waals surface area contributed by atoms with Crippen LogP contribution in [0.5, 0.6) is 0 Å². The minimum atomic E-state index is -4.69. The maximum Gasteiger partial charge on any atom is 0.434 e. The van der Waals surface area contributed by atoms with E-state index in [-0.39, 0.29) is 13.1 Å². The van der Waals surface area contributed by atoms with Gasteiger partial charge in [0.05, 0.1) is 12.1 Å². The van der Waals surface area contributed by atoms with Crippen molar-refractivity contribution in [3.63, 3.8) is 0 Å². The number of aromatic nitrogens is 2. The largest absolute Gasteiger partial charge is 0.445 e. The van der Waals surface area contributed by atoms with Gasteiger partial charge in [-0.1, -0.05) is 30.3 Å². The van der Waals surface area contributed by atoms with Crippen LogP contribution in [-0.4, -0.2) is 27.3 Å². The fourth-order valence-corrected chi connectivity index (χ4v) is 3.25. The summed E-state index contributed by atoms with van der Waals surface area (Å²) in [4.78, 5) is 21.9. The monoisotopic (exact) mass is 387 g/mol. The number of carbonyl (C=O) groups is 1. The van der Waals surface area contributed by atoms with Gasteiger partial charge in [-0.3, -0.25) is 9.78 Å². The number of carbonyl (C=O) groups excluding carboxylic acids is 1. The lowest BCUT2D eigenvalue weighted by atomic mass is 10.1. The van der Waals surface area contributed by atoms with Gasteiger partial charge in [0.25, 0.3) is 5.91 Å². The topological polar surface area (TPSA) is 59.2 Å². The van der Waals surface area contributed by atoms with Crippen molar-refractivity contribution < 1.29 is 22.4 Å². The maximum absolute atomic E-state index is 13.2. The molecule has 1 amide bonds. The van der Waals surface area contributed by atoms with Crippen LogP contribution >= 0.6 is 0 Å². The minimum Gasteiger partial charge on any atom is -0.445 e. The van der Waals surface area contributed by atoms with Gasteiger partial charge in [0.1, 0.15) is 11.5 Å². The molecule has 0 atom stereocenters. The summed E-state index contributed by atoms with van der Waals surface area (Å²) in [5, 5.41) is 0. The number of amides is 1. The molecule has 0 aliphatic carbocycles. The summed E-state index contributed by atoms with van der Waals surface area (Å²) in [6, 6.07) is 12.2. The number of alkyl halides is 3. The standard InChI is InChI=1S/C20H16F3N3O2/c21-20(22,23)18-14(7-4-9-24-18)19(27)26-10-8-16-15(12-26)25-17(28-16)11-13-5-2-1-3-6-13/h1-7,9H,8,10-12H2. The second kappa shape index (κ2) is 7.10. The first-order valence-corrected chi connectivity index (χ1v) is 8.74. The second-order valence-corrected chi connectivity index (χ2v) is 6.51. The molecule has 0 spiro atoms. The quantitative estimate of drug-likeness (QED) is 0.684. The lowest BCUT2D eigenvalue weighted by molar-refractivity contribution is -0.141. The van der Waals surface area contributed by atoms with Gasteiger partial charge in [-0.05, 0) is 17.7 Å². The molecule has 8 heteroatoms. The molecule has 0 saturated carbocycles. The van der Waals surface area contributed by atoms with Gasteiger partial charge in [0.15, 0.2) is 11.6 Å². The minimum absolute atomic E-state index is 0.110. The van der Waals surface area contributed by atoms with E-state index in [1.807, 2.05) is 30.3 Å². The van der Waals surface area contributed by atoms with Crippen LogP contribution in [0.3, 0.4) is 0 Å². The molecule has 1 aliphatic heterocycles. The number of nitrogens with zero attached hydrogens (tertiary/aromatic N) is 3. The summed E-state index contributed by atoms with van der Waals surface area (Å²) in [6.45, 7) is 0.372. The van der Waals surface area contributed by atoms with Crippen molar-refractivity contribution in [1.82, 2.24) is 14.9 Å². The highest BCUT2D eigenvalue weighted by atomic mass is 19.4. The third-order valence-corrected chi connectivity index (χ3v) is 4.56. The van der Waals surface area contributed by atoms with E-state index in [9.17, 15) is 18.0 Å². The molecule has 1 aromatic carbocycles. The Morgan fingerprint density at radius 2 is 1.93 bits per heavy atom. The molecule has 5 nitrogen and oxygen atoms in total. The molecule has 0 N–H and O–H groups in total. The predicted octanol–water partition coefficient (Wildman–Crippen LogP) is 3.88. The van der Waals surface area contributed by atoms with E-state index in [0.717, 1.165) is 17.8 Å². The van der Waals surface area contributed by atoms with Crippen molar-refractivity contribution in [2.24, 2.45) is 0 Å². The molecule has 0 fully saturated rings. The highest BCUT2D eigenvalue weighted by molar-refractivity contribution is 5.95. The van der Waals surface area contributed by atoms with E-state index in [1.54, 1.807) is 0 Å². The summed E-state index contributed by atoms with van der Waals surface area (Å²) in [7, 11) is 0. The lowest BCUT2D eigenvalue weighted by Gasteiger charge is -2.26. The van der Waals surface area contributed by atoms with Crippen LogP contribution in [0.1, 0.15) is 39.0 Å². The van der Waals surface area contributed by atoms with Gasteiger partial charge in [-0.15, -0.1) is 0 Å². The number of oxazole rings is 1. The van der Waals surface area contributed by atoms with E-state index in [4.69, 9.17) is 4.42 Å². The fraction of sp³-hybridized carbons (Fsp3) is 0.250. The van der Waals surface area contributed by atoms with E-state index < -0.39 is 23.3 Å². The van der Waals surface area contributed by atoms with Crippen molar-refractivity contribution >= 4 is 5.91 Å². The number of hydrogen-bond acceptors (Lipinski definition) is 4. The molecule has 4 rings (SSSR count). The predicted molar refractivity (Wildman–Crippen MR) is 93.4 cm³/mol. The molecule has 0 bridgehead atoms. The number of fused-ring (bicyclic) bond motifs is 1. The smallest absolute Gasteiger partial charge is 0.434 e.